The summed E-state index contributed by atoms with van der Waals surface area (Å²) in [5, 5.41) is 0.760. The number of aromatic nitrogens is 3. The van der Waals surface area contributed by atoms with E-state index in [1.165, 1.54) is 7.11 Å². The lowest BCUT2D eigenvalue weighted by molar-refractivity contribution is 0.0600. The summed E-state index contributed by atoms with van der Waals surface area (Å²) in [5.74, 6) is -0.395. The van der Waals surface area contributed by atoms with Crippen LogP contribution in [0.3, 0.4) is 0 Å². The Morgan fingerprint density at radius 2 is 2.17 bits per heavy atom. The van der Waals surface area contributed by atoms with E-state index in [4.69, 9.17) is 4.74 Å². The van der Waals surface area contributed by atoms with Gasteiger partial charge in [-0.05, 0) is 31.0 Å². The second-order valence-corrected chi connectivity index (χ2v) is 6.09. The maximum Gasteiger partial charge on any atom is 0.337 e. The maximum atomic E-state index is 13.0. The van der Waals surface area contributed by atoms with Gasteiger partial charge < -0.3 is 14.7 Å². The highest BCUT2D eigenvalue weighted by molar-refractivity contribution is 6.10. The van der Waals surface area contributed by atoms with E-state index < -0.39 is 5.97 Å². The molecule has 24 heavy (non-hydrogen) atoms. The quantitative estimate of drug-likeness (QED) is 0.573. The third kappa shape index (κ3) is 2.31. The number of nitrogens with zero attached hydrogens (tertiary/aromatic N) is 1. The second kappa shape index (κ2) is 5.63. The number of hydrogen-bond acceptors (Lipinski definition) is 4. The summed E-state index contributed by atoms with van der Waals surface area (Å²) in [4.78, 5) is 35.3. The molecular weight excluding hydrogens is 306 g/mol. The molecule has 6 nitrogen and oxygen atoms in total. The maximum absolute atomic E-state index is 13.0. The molecule has 0 fully saturated rings. The fourth-order valence-electron chi connectivity index (χ4n) is 3.41. The van der Waals surface area contributed by atoms with Crippen molar-refractivity contribution in [2.24, 2.45) is 5.92 Å². The number of hydrogen-bond donors (Lipinski definition) is 2. The number of nitrogens with one attached hydrogen (secondary N) is 2. The molecule has 4 rings (SSSR count). The Morgan fingerprint density at radius 3 is 3.00 bits per heavy atom. The van der Waals surface area contributed by atoms with E-state index in [0.717, 1.165) is 35.1 Å². The molecule has 1 unspecified atom stereocenters. The van der Waals surface area contributed by atoms with Gasteiger partial charge in [-0.15, -0.1) is 0 Å². The molecule has 0 saturated carbocycles. The highest BCUT2D eigenvalue weighted by atomic mass is 16.5. The fraction of sp³-hybridized carbons (Fsp3) is 0.278. The number of esters is 1. The predicted octanol–water partition coefficient (Wildman–Crippen LogP) is 2.67. The molecule has 0 saturated heterocycles. The summed E-state index contributed by atoms with van der Waals surface area (Å²) < 4.78 is 4.76. The molecule has 1 aliphatic rings. The van der Waals surface area contributed by atoms with Gasteiger partial charge in [0.1, 0.15) is 0 Å². The second-order valence-electron chi connectivity index (χ2n) is 6.09. The zero-order chi connectivity index (χ0) is 16.7. The molecule has 0 aliphatic heterocycles. The SMILES string of the molecule is COC(=O)c1ccc2[nH]cc(C(=O)C3CCc4[nH]cnc4C3)c2c1. The molecule has 3 aromatic rings. The number of fused-ring (bicyclic) bond motifs is 2. The Morgan fingerprint density at radius 1 is 1.29 bits per heavy atom. The molecule has 0 spiro atoms. The molecular formula is C18H17N3O3. The van der Waals surface area contributed by atoms with E-state index in [1.54, 1.807) is 30.7 Å². The molecule has 2 aromatic heterocycles. The average Bonchev–Trinajstić information content (AvgIpc) is 3.25. The van der Waals surface area contributed by atoms with Gasteiger partial charge in [0.25, 0.3) is 0 Å². The van der Waals surface area contributed by atoms with Crippen LogP contribution in [0.1, 0.15) is 38.5 Å². The van der Waals surface area contributed by atoms with Crippen molar-refractivity contribution in [2.45, 2.75) is 19.3 Å². The third-order valence-corrected chi connectivity index (χ3v) is 4.73. The number of carbonyl (C=O) groups excluding carboxylic acids is 2. The number of ether oxygens (including phenoxy) is 1. The van der Waals surface area contributed by atoms with E-state index in [0.29, 0.717) is 17.5 Å². The van der Waals surface area contributed by atoms with Gasteiger partial charge in [0.05, 0.1) is 24.7 Å². The molecule has 0 radical (unpaired) electrons. The molecule has 2 N–H and O–H groups in total. The summed E-state index contributed by atoms with van der Waals surface area (Å²) in [6.45, 7) is 0. The van der Waals surface area contributed by atoms with Crippen molar-refractivity contribution in [3.05, 3.63) is 53.2 Å². The van der Waals surface area contributed by atoms with Crippen molar-refractivity contribution < 1.29 is 14.3 Å². The van der Waals surface area contributed by atoms with Crippen molar-refractivity contribution in [1.82, 2.24) is 15.0 Å². The van der Waals surface area contributed by atoms with Crippen molar-refractivity contribution in [3.63, 3.8) is 0 Å². The summed E-state index contributed by atoms with van der Waals surface area (Å²) in [6, 6.07) is 5.20. The van der Waals surface area contributed by atoms with Crippen LogP contribution < -0.4 is 0 Å². The van der Waals surface area contributed by atoms with Crippen molar-refractivity contribution in [2.75, 3.05) is 7.11 Å². The summed E-state index contributed by atoms with van der Waals surface area (Å²) in [5.41, 5.74) is 4.01. The number of ketones is 1. The summed E-state index contributed by atoms with van der Waals surface area (Å²) in [6.07, 6.45) is 5.71. The number of imidazole rings is 1. The minimum Gasteiger partial charge on any atom is -0.465 e. The van der Waals surface area contributed by atoms with E-state index >= 15 is 0 Å². The number of H-pyrrole nitrogens is 2. The first-order valence-corrected chi connectivity index (χ1v) is 7.92. The Bertz CT molecular complexity index is 938. The largest absolute Gasteiger partial charge is 0.465 e. The minimum absolute atomic E-state index is 0.0819. The molecule has 1 aromatic carbocycles. The van der Waals surface area contributed by atoms with Gasteiger partial charge in [-0.3, -0.25) is 4.79 Å². The van der Waals surface area contributed by atoms with Crippen molar-refractivity contribution in [3.8, 4) is 0 Å². The lowest BCUT2D eigenvalue weighted by Gasteiger charge is -2.19. The number of rotatable bonds is 3. The molecule has 1 atom stereocenters. The number of benzene rings is 1. The first-order chi connectivity index (χ1) is 11.7. The van der Waals surface area contributed by atoms with Gasteiger partial charge in [-0.2, -0.15) is 0 Å². The van der Waals surface area contributed by atoms with E-state index in [1.807, 2.05) is 0 Å². The number of methoxy groups -OCH3 is 1. The first kappa shape index (κ1) is 14.7. The van der Waals surface area contributed by atoms with Crippen LogP contribution in [0.5, 0.6) is 0 Å². The van der Waals surface area contributed by atoms with Crippen LogP contribution in [0.25, 0.3) is 10.9 Å². The molecule has 2 heterocycles. The van der Waals surface area contributed by atoms with Gasteiger partial charge in [0, 0.05) is 40.7 Å². The van der Waals surface area contributed by atoms with Crippen LogP contribution in [0, 0.1) is 5.92 Å². The zero-order valence-electron chi connectivity index (χ0n) is 13.3. The molecule has 0 bridgehead atoms. The third-order valence-electron chi connectivity index (χ3n) is 4.73. The minimum atomic E-state index is -0.407. The van der Waals surface area contributed by atoms with Gasteiger partial charge in [-0.1, -0.05) is 0 Å². The summed E-state index contributed by atoms with van der Waals surface area (Å²) >= 11 is 0. The predicted molar refractivity (Wildman–Crippen MR) is 88.1 cm³/mol. The van der Waals surface area contributed by atoms with Gasteiger partial charge in [-0.25, -0.2) is 9.78 Å². The number of aromatic amines is 2. The van der Waals surface area contributed by atoms with Crippen LogP contribution >= 0.6 is 0 Å². The van der Waals surface area contributed by atoms with E-state index in [-0.39, 0.29) is 11.7 Å². The van der Waals surface area contributed by atoms with Crippen LogP contribution in [0.2, 0.25) is 0 Å². The van der Waals surface area contributed by atoms with Gasteiger partial charge in [0.2, 0.25) is 0 Å². The smallest absolute Gasteiger partial charge is 0.337 e. The zero-order valence-corrected chi connectivity index (χ0v) is 13.3. The van der Waals surface area contributed by atoms with Crippen molar-refractivity contribution >= 4 is 22.7 Å². The van der Waals surface area contributed by atoms with Crippen LogP contribution in [0.4, 0.5) is 0 Å². The van der Waals surface area contributed by atoms with Crippen LogP contribution in [0.15, 0.2) is 30.7 Å². The molecule has 122 valence electrons. The van der Waals surface area contributed by atoms with Crippen LogP contribution in [-0.2, 0) is 17.6 Å². The molecule has 0 amide bonds. The average molecular weight is 323 g/mol. The monoisotopic (exact) mass is 323 g/mol. The van der Waals surface area contributed by atoms with Crippen molar-refractivity contribution in [1.29, 1.82) is 0 Å². The highest BCUT2D eigenvalue weighted by Crippen LogP contribution is 2.29. The Balaban J connectivity index is 1.68. The fourth-order valence-corrected chi connectivity index (χ4v) is 3.41. The highest BCUT2D eigenvalue weighted by Gasteiger charge is 2.28. The van der Waals surface area contributed by atoms with Gasteiger partial charge >= 0.3 is 5.97 Å². The van der Waals surface area contributed by atoms with Crippen LogP contribution in [-0.4, -0.2) is 33.8 Å². The van der Waals surface area contributed by atoms with E-state index in [9.17, 15) is 9.59 Å². The van der Waals surface area contributed by atoms with E-state index in [2.05, 4.69) is 15.0 Å². The normalized spacial score (nSPS) is 16.8. The summed E-state index contributed by atoms with van der Waals surface area (Å²) in [7, 11) is 1.35. The number of carbonyl (C=O) groups is 2. The molecule has 1 aliphatic carbocycles. The van der Waals surface area contributed by atoms with Gasteiger partial charge in [0.15, 0.2) is 5.78 Å². The molecule has 6 heteroatoms. The standard InChI is InChI=1S/C18H17N3O3/c1-24-18(23)11-3-4-14-12(6-11)13(8-19-14)17(22)10-2-5-15-16(7-10)21-9-20-15/h3-4,6,8-10,19H,2,5,7H2,1H3,(H,20,21). The Kier molecular flexibility index (Phi) is 3.45. The Hall–Kier alpha value is -2.89. The lowest BCUT2D eigenvalue weighted by atomic mass is 9.84. The first-order valence-electron chi connectivity index (χ1n) is 7.92. The topological polar surface area (TPSA) is 87.8 Å². The number of aryl methyl sites for hydroxylation is 1. The lowest BCUT2D eigenvalue weighted by Crippen LogP contribution is -2.22. The number of Topliss-reactive ketones (excluding diaryl/α,β-unsaturated/α-hetero) is 1. The Labute approximate surface area is 138 Å².